The van der Waals surface area contributed by atoms with Crippen LogP contribution in [0.1, 0.15) is 37.7 Å². The number of benzene rings is 1. The average molecular weight is 635 g/mol. The van der Waals surface area contributed by atoms with Crippen molar-refractivity contribution in [2.24, 2.45) is 11.8 Å². The Morgan fingerprint density at radius 1 is 1.07 bits per heavy atom. The number of methoxy groups -OCH3 is 2. The number of carboxylic acids is 1. The maximum absolute atomic E-state index is 13.2. The average Bonchev–Trinajstić information content (AvgIpc) is 3.28. The standard InChI is InChI=1S/C31H45F3O10/c1-38-14-16-40-21-43-25(20-42-24-9-7-8-23(18-24)31(32,33)34)12-13-27-26(10-5-3-4-6-11-30(36)37)28(35)19-29(27)44-22-41-17-15-39-2/h3,5,7-9,12-13,18,25-29,35H,4,6,10-11,14-17,19-22H2,1-2H3,(H,36,37)/t25?,26-,27-,28+,29-/m1/s1. The predicted octanol–water partition coefficient (Wildman–Crippen LogP) is 4.85. The molecule has 0 heterocycles. The van der Waals surface area contributed by atoms with Crippen LogP contribution in [0.5, 0.6) is 5.75 Å². The number of unbranched alkanes of at least 4 members (excludes halogenated alkanes) is 1. The van der Waals surface area contributed by atoms with Crippen molar-refractivity contribution in [3.05, 3.63) is 54.1 Å². The summed E-state index contributed by atoms with van der Waals surface area (Å²) in [6, 6.07) is 4.60. The van der Waals surface area contributed by atoms with Crippen molar-refractivity contribution in [2.75, 3.05) is 60.8 Å². The van der Waals surface area contributed by atoms with Gasteiger partial charge < -0.3 is 43.4 Å². The summed E-state index contributed by atoms with van der Waals surface area (Å²) in [5.41, 5.74) is -0.822. The molecule has 0 amide bonds. The molecule has 1 aliphatic carbocycles. The predicted molar refractivity (Wildman–Crippen MR) is 154 cm³/mol. The van der Waals surface area contributed by atoms with E-state index in [1.54, 1.807) is 13.2 Å². The van der Waals surface area contributed by atoms with Gasteiger partial charge in [-0.05, 0) is 43.4 Å². The SMILES string of the molecule is COCCOCOC(C=C[C@@H]1[C@@H](CC=CCCCC(=O)O)[C@@H](O)C[C@H]1OCOCCOC)COc1cccc(C(F)(F)F)c1. The van der Waals surface area contributed by atoms with E-state index in [1.807, 2.05) is 18.2 Å². The summed E-state index contributed by atoms with van der Waals surface area (Å²) in [5, 5.41) is 19.7. The van der Waals surface area contributed by atoms with Gasteiger partial charge in [0.1, 0.15) is 32.0 Å². The monoisotopic (exact) mass is 634 g/mol. The Labute approximate surface area is 256 Å². The molecule has 0 radical (unpaired) electrons. The molecule has 1 saturated carbocycles. The van der Waals surface area contributed by atoms with E-state index in [0.717, 1.165) is 12.1 Å². The van der Waals surface area contributed by atoms with Crippen LogP contribution in [0, 0.1) is 11.8 Å². The molecule has 2 N–H and O–H groups in total. The molecule has 13 heteroatoms. The van der Waals surface area contributed by atoms with Crippen molar-refractivity contribution in [3.63, 3.8) is 0 Å². The van der Waals surface area contributed by atoms with Crippen LogP contribution in [0.3, 0.4) is 0 Å². The highest BCUT2D eigenvalue weighted by Crippen LogP contribution is 2.38. The first kappa shape index (κ1) is 37.7. The Kier molecular flexibility index (Phi) is 18.2. The Morgan fingerprint density at radius 2 is 1.80 bits per heavy atom. The molecule has 1 aromatic carbocycles. The van der Waals surface area contributed by atoms with Gasteiger partial charge in [-0.3, -0.25) is 4.79 Å². The fourth-order valence-electron chi connectivity index (χ4n) is 4.63. The maximum atomic E-state index is 13.2. The molecule has 2 rings (SSSR count). The first-order valence-corrected chi connectivity index (χ1v) is 14.6. The molecule has 10 nitrogen and oxygen atoms in total. The van der Waals surface area contributed by atoms with Gasteiger partial charge in [0.25, 0.3) is 0 Å². The van der Waals surface area contributed by atoms with Gasteiger partial charge >= 0.3 is 12.1 Å². The van der Waals surface area contributed by atoms with Crippen LogP contribution in [0.15, 0.2) is 48.6 Å². The Morgan fingerprint density at radius 3 is 2.48 bits per heavy atom. The lowest BCUT2D eigenvalue weighted by atomic mass is 9.89. The molecule has 1 fully saturated rings. The largest absolute Gasteiger partial charge is 0.491 e. The van der Waals surface area contributed by atoms with Crippen LogP contribution in [-0.4, -0.2) is 95.3 Å². The second kappa shape index (κ2) is 21.3. The molecule has 0 bridgehead atoms. The Balaban J connectivity index is 2.15. The third kappa shape index (κ3) is 15.0. The number of aliphatic carboxylic acids is 1. The van der Waals surface area contributed by atoms with E-state index in [4.69, 9.17) is 38.3 Å². The summed E-state index contributed by atoms with van der Waals surface area (Å²) in [4.78, 5) is 10.8. The van der Waals surface area contributed by atoms with E-state index in [0.29, 0.717) is 45.5 Å². The molecule has 1 aliphatic rings. The summed E-state index contributed by atoms with van der Waals surface area (Å²) in [7, 11) is 3.10. The zero-order valence-electron chi connectivity index (χ0n) is 25.3. The van der Waals surface area contributed by atoms with E-state index < -0.39 is 29.9 Å². The van der Waals surface area contributed by atoms with Crippen LogP contribution in [0.2, 0.25) is 0 Å². The summed E-state index contributed by atoms with van der Waals surface area (Å²) in [6.07, 6.45) is 3.30. The number of hydrogen-bond donors (Lipinski definition) is 2. The maximum Gasteiger partial charge on any atom is 0.416 e. The number of hydrogen-bond acceptors (Lipinski definition) is 9. The number of carboxylic acid groups (broad SMARTS) is 1. The summed E-state index contributed by atoms with van der Waals surface area (Å²) in [6.45, 7) is 1.22. The molecule has 1 unspecified atom stereocenters. The summed E-state index contributed by atoms with van der Waals surface area (Å²) in [5.74, 6) is -1.28. The molecule has 1 aromatic rings. The molecule has 5 atom stereocenters. The molecule has 0 spiro atoms. The van der Waals surface area contributed by atoms with Gasteiger partial charge in [0.2, 0.25) is 0 Å². The van der Waals surface area contributed by atoms with Crippen molar-refractivity contribution in [2.45, 2.75) is 56.6 Å². The normalized spacial score (nSPS) is 21.4. The topological polar surface area (TPSA) is 122 Å². The zero-order chi connectivity index (χ0) is 32.2. The third-order valence-corrected chi connectivity index (χ3v) is 6.95. The molecule has 0 aromatic heterocycles. The van der Waals surface area contributed by atoms with Crippen molar-refractivity contribution in [1.29, 1.82) is 0 Å². The van der Waals surface area contributed by atoms with Crippen LogP contribution in [0.4, 0.5) is 13.2 Å². The number of alkyl halides is 3. The zero-order valence-corrected chi connectivity index (χ0v) is 25.3. The number of aliphatic hydroxyl groups is 1. The van der Waals surface area contributed by atoms with E-state index in [-0.39, 0.29) is 56.9 Å². The van der Waals surface area contributed by atoms with E-state index >= 15 is 0 Å². The van der Waals surface area contributed by atoms with Gasteiger partial charge in [0.15, 0.2) is 0 Å². The van der Waals surface area contributed by atoms with Crippen molar-refractivity contribution < 1.29 is 61.3 Å². The van der Waals surface area contributed by atoms with Crippen molar-refractivity contribution in [3.8, 4) is 5.75 Å². The van der Waals surface area contributed by atoms with Crippen molar-refractivity contribution >= 4 is 5.97 Å². The Bertz CT molecular complexity index is 988. The van der Waals surface area contributed by atoms with Crippen LogP contribution >= 0.6 is 0 Å². The second-order valence-electron chi connectivity index (χ2n) is 10.2. The quantitative estimate of drug-likeness (QED) is 0.0982. The lowest BCUT2D eigenvalue weighted by Gasteiger charge is -2.23. The molecule has 0 saturated heterocycles. The smallest absolute Gasteiger partial charge is 0.416 e. The van der Waals surface area contributed by atoms with Gasteiger partial charge in [0.05, 0.1) is 44.2 Å². The lowest BCUT2D eigenvalue weighted by Crippen LogP contribution is -2.25. The van der Waals surface area contributed by atoms with Crippen LogP contribution in [-0.2, 0) is 39.4 Å². The molecule has 0 aliphatic heterocycles. The molecule has 44 heavy (non-hydrogen) atoms. The minimum atomic E-state index is -4.50. The summed E-state index contributed by atoms with van der Waals surface area (Å²) < 4.78 is 77.8. The van der Waals surface area contributed by atoms with Gasteiger partial charge in [-0.25, -0.2) is 0 Å². The first-order chi connectivity index (χ1) is 21.2. The second-order valence-corrected chi connectivity index (χ2v) is 10.2. The van der Waals surface area contributed by atoms with Crippen LogP contribution < -0.4 is 4.74 Å². The molecular formula is C31H45F3O10. The third-order valence-electron chi connectivity index (χ3n) is 6.95. The molecular weight excluding hydrogens is 589 g/mol. The number of allylic oxidation sites excluding steroid dienone is 2. The highest BCUT2D eigenvalue weighted by atomic mass is 19.4. The van der Waals surface area contributed by atoms with Crippen molar-refractivity contribution in [1.82, 2.24) is 0 Å². The van der Waals surface area contributed by atoms with Gasteiger partial charge in [-0.15, -0.1) is 0 Å². The highest BCUT2D eigenvalue weighted by Gasteiger charge is 2.41. The first-order valence-electron chi connectivity index (χ1n) is 14.6. The Hall–Kier alpha value is -2.52. The highest BCUT2D eigenvalue weighted by molar-refractivity contribution is 5.66. The minimum absolute atomic E-state index is 0.00869. The lowest BCUT2D eigenvalue weighted by molar-refractivity contribution is -0.138. The van der Waals surface area contributed by atoms with E-state index in [2.05, 4.69) is 0 Å². The molecule has 250 valence electrons. The van der Waals surface area contributed by atoms with E-state index in [1.165, 1.54) is 19.2 Å². The fraction of sp³-hybridized carbons (Fsp3) is 0.645. The minimum Gasteiger partial charge on any atom is -0.491 e. The van der Waals surface area contributed by atoms with Gasteiger partial charge in [-0.1, -0.05) is 30.4 Å². The number of carbonyl (C=O) groups is 1. The van der Waals surface area contributed by atoms with E-state index in [9.17, 15) is 23.1 Å². The van der Waals surface area contributed by atoms with Crippen LogP contribution in [0.25, 0.3) is 0 Å². The van der Waals surface area contributed by atoms with Gasteiger partial charge in [0, 0.05) is 33.0 Å². The number of halogens is 3. The summed E-state index contributed by atoms with van der Waals surface area (Å²) >= 11 is 0. The van der Waals surface area contributed by atoms with Gasteiger partial charge in [-0.2, -0.15) is 13.2 Å². The number of rotatable bonds is 23. The number of aliphatic hydroxyl groups excluding tert-OH is 1. The number of ether oxygens (including phenoxy) is 7. The fourth-order valence-corrected chi connectivity index (χ4v) is 4.63.